The van der Waals surface area contributed by atoms with Crippen molar-refractivity contribution in [3.8, 4) is 23.0 Å². The molecule has 0 aliphatic heterocycles. The summed E-state index contributed by atoms with van der Waals surface area (Å²) < 4.78 is 37.7. The van der Waals surface area contributed by atoms with Crippen molar-refractivity contribution < 1.29 is 28.1 Å². The van der Waals surface area contributed by atoms with Gasteiger partial charge < -0.3 is 19.7 Å². The van der Waals surface area contributed by atoms with Gasteiger partial charge in [-0.05, 0) is 48.5 Å². The minimum Gasteiger partial charge on any atom is -0.457 e. The number of hydrogen-bond acceptors (Lipinski definition) is 8. The second-order valence-electron chi connectivity index (χ2n) is 10.3. The number of benzene rings is 2. The average Bonchev–Trinajstić information content (AvgIpc) is 3.23. The first-order valence-corrected chi connectivity index (χ1v) is 17.9. The van der Waals surface area contributed by atoms with Gasteiger partial charge in [-0.2, -0.15) is 0 Å². The van der Waals surface area contributed by atoms with Gasteiger partial charge in [0.1, 0.15) is 30.0 Å². The molecule has 2 aromatic carbocycles. The van der Waals surface area contributed by atoms with Gasteiger partial charge in [-0.3, -0.25) is 9.55 Å². The van der Waals surface area contributed by atoms with Crippen molar-refractivity contribution in [2.75, 3.05) is 19.5 Å². The molecule has 0 spiro atoms. The highest BCUT2D eigenvalue weighted by molar-refractivity contribution is 7.90. The van der Waals surface area contributed by atoms with Crippen LogP contribution in [0.15, 0.2) is 65.7 Å². The third-order valence-corrected chi connectivity index (χ3v) is 8.83. The van der Waals surface area contributed by atoms with Gasteiger partial charge >= 0.3 is 0 Å². The van der Waals surface area contributed by atoms with Crippen molar-refractivity contribution >= 4 is 28.9 Å². The van der Waals surface area contributed by atoms with E-state index in [1.54, 1.807) is 30.5 Å². The van der Waals surface area contributed by atoms with E-state index in [0.717, 1.165) is 12.3 Å². The molecule has 0 amide bonds. The molecule has 2 N–H and O–H groups in total. The molecule has 0 aliphatic rings. The lowest BCUT2D eigenvalue weighted by Gasteiger charge is -2.17. The molecule has 0 saturated heterocycles. The van der Waals surface area contributed by atoms with Gasteiger partial charge in [-0.25, -0.2) is 13.4 Å². The normalized spacial score (nSPS) is 13.1. The molecule has 1 unspecified atom stereocenters. The van der Waals surface area contributed by atoms with E-state index in [-0.39, 0.29) is 11.6 Å². The van der Waals surface area contributed by atoms with Gasteiger partial charge in [-0.15, -0.1) is 0 Å². The molecular weight excluding hydrogens is 522 g/mol. The molecule has 38 heavy (non-hydrogen) atoms. The van der Waals surface area contributed by atoms with Crippen LogP contribution in [0.4, 0.5) is 0 Å². The summed E-state index contributed by atoms with van der Waals surface area (Å²) in [6, 6.07) is 16.0. The molecule has 0 bridgehead atoms. The third kappa shape index (κ3) is 6.66. The fourth-order valence-electron chi connectivity index (χ4n) is 3.85. The van der Waals surface area contributed by atoms with Crippen molar-refractivity contribution in [3.05, 3.63) is 66.4 Å². The zero-order chi connectivity index (χ0) is 27.5. The SMILES string of the molecule is C[Si](C)(C)CCOCn1c(-c2ccccn2)nc2cc(C(O)CO)c(Oc3ccc(S(C)(=O)=O)cc3)cc21. The molecule has 2 heterocycles. The van der Waals surface area contributed by atoms with E-state index in [1.807, 2.05) is 22.8 Å². The van der Waals surface area contributed by atoms with Gasteiger partial charge in [0.25, 0.3) is 0 Å². The van der Waals surface area contributed by atoms with Crippen LogP contribution in [0.5, 0.6) is 11.5 Å². The first-order chi connectivity index (χ1) is 18.0. The Morgan fingerprint density at radius 1 is 1.08 bits per heavy atom. The topological polar surface area (TPSA) is 124 Å². The van der Waals surface area contributed by atoms with Crippen LogP contribution in [0, 0.1) is 0 Å². The van der Waals surface area contributed by atoms with Crippen LogP contribution in [0.25, 0.3) is 22.6 Å². The van der Waals surface area contributed by atoms with Crippen LogP contribution in [0.3, 0.4) is 0 Å². The minimum absolute atomic E-state index is 0.171. The number of aliphatic hydroxyl groups excluding tert-OH is 2. The predicted molar refractivity (Wildman–Crippen MR) is 149 cm³/mol. The summed E-state index contributed by atoms with van der Waals surface area (Å²) in [7, 11) is -4.63. The van der Waals surface area contributed by atoms with Crippen LogP contribution in [0.2, 0.25) is 25.7 Å². The fourth-order valence-corrected chi connectivity index (χ4v) is 5.24. The number of rotatable bonds is 11. The number of aliphatic hydroxyl groups is 2. The van der Waals surface area contributed by atoms with E-state index < -0.39 is 30.6 Å². The van der Waals surface area contributed by atoms with E-state index in [4.69, 9.17) is 14.5 Å². The summed E-state index contributed by atoms with van der Waals surface area (Å²) in [5.74, 6) is 1.29. The molecule has 1 atom stereocenters. The van der Waals surface area contributed by atoms with Crippen molar-refractivity contribution in [2.45, 2.75) is 43.4 Å². The lowest BCUT2D eigenvalue weighted by Crippen LogP contribution is -2.22. The van der Waals surface area contributed by atoms with Gasteiger partial charge in [0.15, 0.2) is 15.7 Å². The molecule has 0 fully saturated rings. The molecule has 2 aromatic heterocycles. The number of pyridine rings is 1. The second-order valence-corrected chi connectivity index (χ2v) is 18.0. The quantitative estimate of drug-likeness (QED) is 0.203. The predicted octanol–water partition coefficient (Wildman–Crippen LogP) is 4.63. The maximum Gasteiger partial charge on any atom is 0.175 e. The van der Waals surface area contributed by atoms with Gasteiger partial charge in [-0.1, -0.05) is 25.7 Å². The molecule has 0 aliphatic carbocycles. The maximum atomic E-state index is 11.8. The smallest absolute Gasteiger partial charge is 0.175 e. The summed E-state index contributed by atoms with van der Waals surface area (Å²) in [5.41, 5.74) is 2.31. The molecule has 4 rings (SSSR count). The number of ether oxygens (including phenoxy) is 2. The van der Waals surface area contributed by atoms with Crippen LogP contribution >= 0.6 is 0 Å². The fraction of sp³-hybridized carbons (Fsp3) is 0.333. The van der Waals surface area contributed by atoms with Crippen LogP contribution < -0.4 is 4.74 Å². The van der Waals surface area contributed by atoms with E-state index in [2.05, 4.69) is 24.6 Å². The molecule has 0 saturated carbocycles. The Morgan fingerprint density at radius 3 is 2.42 bits per heavy atom. The Kier molecular flexibility index (Phi) is 8.33. The van der Waals surface area contributed by atoms with Gasteiger partial charge in [0, 0.05) is 38.8 Å². The summed E-state index contributed by atoms with van der Waals surface area (Å²) in [4.78, 5) is 9.42. The standard InChI is InChI=1S/C27H33N3O6SSi/c1-37(33,34)20-10-8-19(9-11-20)36-26-16-24-23(15-21(26)25(32)17-31)29-27(22-7-5-6-12-28-22)30(24)18-35-13-14-38(2,3)4/h5-12,15-16,25,31-32H,13-14,17-18H2,1-4H3. The zero-order valence-electron chi connectivity index (χ0n) is 22.0. The summed E-state index contributed by atoms with van der Waals surface area (Å²) in [6.07, 6.45) is 1.63. The highest BCUT2D eigenvalue weighted by Gasteiger charge is 2.21. The number of imidazole rings is 1. The molecule has 202 valence electrons. The van der Waals surface area contributed by atoms with E-state index in [1.165, 1.54) is 12.1 Å². The van der Waals surface area contributed by atoms with Gasteiger partial charge in [0.05, 0.1) is 22.5 Å². The molecule has 11 heteroatoms. The highest BCUT2D eigenvalue weighted by atomic mass is 32.2. The number of hydrogen-bond donors (Lipinski definition) is 2. The van der Waals surface area contributed by atoms with Gasteiger partial charge in [0.2, 0.25) is 0 Å². The minimum atomic E-state index is -3.35. The summed E-state index contributed by atoms with van der Waals surface area (Å²) in [6.45, 7) is 7.24. The average molecular weight is 556 g/mol. The second kappa shape index (κ2) is 11.3. The van der Waals surface area contributed by atoms with E-state index >= 15 is 0 Å². The van der Waals surface area contributed by atoms with E-state index in [9.17, 15) is 18.6 Å². The molecular formula is C27H33N3O6SSi. The largest absolute Gasteiger partial charge is 0.457 e. The van der Waals surface area contributed by atoms with Crippen LogP contribution in [-0.4, -0.2) is 60.7 Å². The summed E-state index contributed by atoms with van der Waals surface area (Å²) >= 11 is 0. The summed E-state index contributed by atoms with van der Waals surface area (Å²) in [5, 5.41) is 20.3. The van der Waals surface area contributed by atoms with Crippen LogP contribution in [0.1, 0.15) is 11.7 Å². The number of fused-ring (bicyclic) bond motifs is 1. The Hall–Kier alpha value is -3.09. The molecule has 0 radical (unpaired) electrons. The lowest BCUT2D eigenvalue weighted by atomic mass is 10.1. The maximum absolute atomic E-state index is 11.8. The molecule has 4 aromatic rings. The van der Waals surface area contributed by atoms with Crippen molar-refractivity contribution in [1.82, 2.24) is 14.5 Å². The highest BCUT2D eigenvalue weighted by Crippen LogP contribution is 2.36. The first kappa shape index (κ1) is 27.9. The number of aromatic nitrogens is 3. The van der Waals surface area contributed by atoms with E-state index in [0.29, 0.717) is 46.2 Å². The number of sulfone groups is 1. The molecule has 9 nitrogen and oxygen atoms in total. The lowest BCUT2D eigenvalue weighted by molar-refractivity contribution is 0.0907. The van der Waals surface area contributed by atoms with Crippen molar-refractivity contribution in [3.63, 3.8) is 0 Å². The van der Waals surface area contributed by atoms with Crippen molar-refractivity contribution in [2.24, 2.45) is 0 Å². The van der Waals surface area contributed by atoms with Crippen molar-refractivity contribution in [1.29, 1.82) is 0 Å². The number of nitrogens with zero attached hydrogens (tertiary/aromatic N) is 3. The Labute approximate surface area is 223 Å². The third-order valence-electron chi connectivity index (χ3n) is 6.00. The Balaban J connectivity index is 1.78. The zero-order valence-corrected chi connectivity index (χ0v) is 23.8. The Morgan fingerprint density at radius 2 is 1.82 bits per heavy atom. The first-order valence-electron chi connectivity index (χ1n) is 12.3. The van der Waals surface area contributed by atoms with Crippen LogP contribution in [-0.2, 0) is 21.3 Å². The monoisotopic (exact) mass is 555 g/mol. The Bertz CT molecular complexity index is 1500.